The zero-order valence-corrected chi connectivity index (χ0v) is 5.27. The quantitative estimate of drug-likeness (QED) is 0.471. The van der Waals surface area contributed by atoms with Gasteiger partial charge in [-0.2, -0.15) is 4.45 Å². The van der Waals surface area contributed by atoms with Gasteiger partial charge in [0.25, 0.3) is 0 Å². The Morgan fingerprint density at radius 3 is 2.44 bits per heavy atom. The maximum absolute atomic E-state index is 10.7. The first-order chi connectivity index (χ1) is 4.11. The molecule has 7 nitrogen and oxygen atoms in total. The highest BCUT2D eigenvalue weighted by Gasteiger charge is 2.11. The molecule has 0 aliphatic rings. The molecule has 9 heavy (non-hydrogen) atoms. The van der Waals surface area contributed by atoms with E-state index in [9.17, 15) is 4.57 Å². The van der Waals surface area contributed by atoms with E-state index in [4.69, 9.17) is 11.0 Å². The number of nitrogens with two attached hydrogens (primary N) is 2. The Hall–Kier alpha value is -0.780. The summed E-state index contributed by atoms with van der Waals surface area (Å²) in [5.41, 5.74) is 9.91. The van der Waals surface area contributed by atoms with Gasteiger partial charge in [0.15, 0.2) is 0 Å². The van der Waals surface area contributed by atoms with Gasteiger partial charge in [-0.3, -0.25) is 15.6 Å². The molecule has 1 aromatic heterocycles. The molecule has 0 fully saturated rings. The normalized spacial score (nSPS) is 11.8. The minimum Gasteiger partial charge on any atom is -0.262 e. The average molecular weight is 148 g/mol. The van der Waals surface area contributed by atoms with Crippen LogP contribution in [0.5, 0.6) is 0 Å². The molecule has 0 spiro atoms. The highest BCUT2D eigenvalue weighted by Crippen LogP contribution is 2.23. The molecule has 0 amide bonds. The lowest BCUT2D eigenvalue weighted by atomic mass is 11.4. The smallest absolute Gasteiger partial charge is 0.262 e. The Bertz CT molecular complexity index is 221. The van der Waals surface area contributed by atoms with Crippen molar-refractivity contribution in [1.29, 1.82) is 0 Å². The molecule has 0 atom stereocenters. The van der Waals surface area contributed by atoms with Crippen molar-refractivity contribution in [2.75, 3.05) is 0 Å². The second-order valence-corrected chi connectivity index (χ2v) is 3.16. The minimum atomic E-state index is -3.29. The molecule has 1 rings (SSSR count). The zero-order chi connectivity index (χ0) is 6.91. The monoisotopic (exact) mass is 148 g/mol. The van der Waals surface area contributed by atoms with Gasteiger partial charge in [-0.1, -0.05) is 0 Å². The number of tetrazole rings is 1. The van der Waals surface area contributed by atoms with E-state index in [0.717, 1.165) is 10.8 Å². The van der Waals surface area contributed by atoms with E-state index in [2.05, 4.69) is 15.5 Å². The fourth-order valence-electron chi connectivity index (χ4n) is 0.300. The van der Waals surface area contributed by atoms with Crippen molar-refractivity contribution < 1.29 is 4.57 Å². The van der Waals surface area contributed by atoms with Crippen LogP contribution in [0.4, 0.5) is 0 Å². The van der Waals surface area contributed by atoms with E-state index in [0.29, 0.717) is 0 Å². The van der Waals surface area contributed by atoms with E-state index in [1.54, 1.807) is 0 Å². The van der Waals surface area contributed by atoms with Gasteiger partial charge in [0.1, 0.15) is 6.33 Å². The first-order valence-corrected chi connectivity index (χ1v) is 3.81. The molecular weight excluding hydrogens is 143 g/mol. The van der Waals surface area contributed by atoms with Crippen LogP contribution in [0.25, 0.3) is 0 Å². The maximum atomic E-state index is 10.7. The van der Waals surface area contributed by atoms with Crippen LogP contribution >= 0.6 is 7.59 Å². The maximum Gasteiger partial charge on any atom is 0.322 e. The van der Waals surface area contributed by atoms with Crippen molar-refractivity contribution in [1.82, 2.24) is 20.0 Å². The molecule has 0 aliphatic carbocycles. The van der Waals surface area contributed by atoms with Gasteiger partial charge in [0.2, 0.25) is 0 Å². The van der Waals surface area contributed by atoms with Crippen LogP contribution in [0.3, 0.4) is 0 Å². The molecule has 0 bridgehead atoms. The first-order valence-electron chi connectivity index (χ1n) is 2.02. The SMILES string of the molecule is NP(N)(=O)n1cnnn1. The minimum absolute atomic E-state index is 0.826. The van der Waals surface area contributed by atoms with Crippen molar-refractivity contribution in [2.45, 2.75) is 0 Å². The third-order valence-corrected chi connectivity index (χ3v) is 1.48. The van der Waals surface area contributed by atoms with E-state index < -0.39 is 7.59 Å². The third kappa shape index (κ3) is 1.32. The molecule has 1 heterocycles. The highest BCUT2D eigenvalue weighted by molar-refractivity contribution is 7.57. The van der Waals surface area contributed by atoms with Crippen LogP contribution in [-0.2, 0) is 4.57 Å². The Labute approximate surface area is 50.6 Å². The molecule has 0 aromatic carbocycles. The molecule has 1 aromatic rings. The number of hydrogen-bond acceptors (Lipinski definition) is 4. The summed E-state index contributed by atoms with van der Waals surface area (Å²) < 4.78 is 11.5. The van der Waals surface area contributed by atoms with Crippen molar-refractivity contribution in [3.05, 3.63) is 6.33 Å². The van der Waals surface area contributed by atoms with Gasteiger partial charge in [-0.05, 0) is 10.4 Å². The summed E-state index contributed by atoms with van der Waals surface area (Å²) in [6.45, 7) is 0. The molecule has 0 radical (unpaired) electrons. The van der Waals surface area contributed by atoms with Gasteiger partial charge < -0.3 is 0 Å². The predicted octanol–water partition coefficient (Wildman–Crippen LogP) is -1.45. The van der Waals surface area contributed by atoms with Crippen molar-refractivity contribution in [2.24, 2.45) is 11.0 Å². The summed E-state index contributed by atoms with van der Waals surface area (Å²) >= 11 is 0. The summed E-state index contributed by atoms with van der Waals surface area (Å²) in [4.78, 5) is 0. The highest BCUT2D eigenvalue weighted by atomic mass is 31.2. The van der Waals surface area contributed by atoms with Crippen molar-refractivity contribution in [3.8, 4) is 0 Å². The fourth-order valence-corrected chi connectivity index (χ4v) is 0.668. The number of hydrogen-bond donors (Lipinski definition) is 2. The average Bonchev–Trinajstić information content (AvgIpc) is 2.08. The Balaban J connectivity index is 3.04. The van der Waals surface area contributed by atoms with Crippen LogP contribution in [0.2, 0.25) is 0 Å². The molecule has 0 unspecified atom stereocenters. The summed E-state index contributed by atoms with van der Waals surface area (Å²) in [6, 6.07) is 0. The molecule has 50 valence electrons. The van der Waals surface area contributed by atoms with E-state index in [1.807, 2.05) is 0 Å². The van der Waals surface area contributed by atoms with Gasteiger partial charge >= 0.3 is 7.59 Å². The Morgan fingerprint density at radius 1 is 1.56 bits per heavy atom. The lowest BCUT2D eigenvalue weighted by Crippen LogP contribution is -2.13. The van der Waals surface area contributed by atoms with Crippen LogP contribution in [0.1, 0.15) is 0 Å². The van der Waals surface area contributed by atoms with Crippen LogP contribution in [0, 0.1) is 0 Å². The van der Waals surface area contributed by atoms with E-state index >= 15 is 0 Å². The van der Waals surface area contributed by atoms with Gasteiger partial charge in [-0.15, -0.1) is 5.10 Å². The molecular formula is CH5N6OP. The topological polar surface area (TPSA) is 113 Å². The second-order valence-electron chi connectivity index (χ2n) is 1.40. The summed E-state index contributed by atoms with van der Waals surface area (Å²) in [5.74, 6) is 0. The fraction of sp³-hybridized carbons (Fsp3) is 0. The van der Waals surface area contributed by atoms with Gasteiger partial charge in [0, 0.05) is 0 Å². The number of rotatable bonds is 1. The second kappa shape index (κ2) is 1.87. The van der Waals surface area contributed by atoms with Crippen LogP contribution in [-0.4, -0.2) is 20.0 Å². The van der Waals surface area contributed by atoms with Gasteiger partial charge in [-0.25, -0.2) is 0 Å². The summed E-state index contributed by atoms with van der Waals surface area (Å²) in [5, 5.41) is 9.61. The summed E-state index contributed by atoms with van der Waals surface area (Å²) in [6.07, 6.45) is 1.10. The molecule has 0 aliphatic heterocycles. The largest absolute Gasteiger partial charge is 0.322 e. The lowest BCUT2D eigenvalue weighted by molar-refractivity contribution is 0.563. The van der Waals surface area contributed by atoms with E-state index in [-0.39, 0.29) is 0 Å². The summed E-state index contributed by atoms with van der Waals surface area (Å²) in [7, 11) is -3.29. The van der Waals surface area contributed by atoms with Crippen LogP contribution < -0.4 is 11.0 Å². The molecule has 0 saturated heterocycles. The molecule has 4 N–H and O–H groups in total. The Morgan fingerprint density at radius 2 is 2.22 bits per heavy atom. The molecule has 8 heteroatoms. The number of aromatic nitrogens is 4. The van der Waals surface area contributed by atoms with Crippen LogP contribution in [0.15, 0.2) is 6.33 Å². The predicted molar refractivity (Wildman–Crippen MR) is 29.2 cm³/mol. The third-order valence-electron chi connectivity index (χ3n) is 0.658. The number of nitrogens with zero attached hydrogens (tertiary/aromatic N) is 4. The molecule has 0 saturated carbocycles. The zero-order valence-electron chi connectivity index (χ0n) is 4.38. The van der Waals surface area contributed by atoms with E-state index in [1.165, 1.54) is 0 Å². The first kappa shape index (κ1) is 6.34. The van der Waals surface area contributed by atoms with Gasteiger partial charge in [0.05, 0.1) is 0 Å². The Kier molecular flexibility index (Phi) is 1.32. The van der Waals surface area contributed by atoms with Crippen molar-refractivity contribution in [3.63, 3.8) is 0 Å². The lowest BCUT2D eigenvalue weighted by Gasteiger charge is -2.00. The standard InChI is InChI=1S/CH5N6OP/c2-9(3,8)7-1-4-5-6-7/h1H,(H4,2,3,8). The van der Waals surface area contributed by atoms with Crippen molar-refractivity contribution >= 4 is 7.59 Å².